The Labute approximate surface area is 135 Å². The van der Waals surface area contributed by atoms with Crippen molar-refractivity contribution in [2.45, 2.75) is 6.92 Å². The minimum Gasteiger partial charge on any atom is -0.493 e. The van der Waals surface area contributed by atoms with Crippen LogP contribution in [0.4, 0.5) is 0 Å². The van der Waals surface area contributed by atoms with Crippen LogP contribution in [-0.2, 0) is 0 Å². The zero-order valence-corrected chi connectivity index (χ0v) is 13.6. The summed E-state index contributed by atoms with van der Waals surface area (Å²) in [6, 6.07) is 11.1. The van der Waals surface area contributed by atoms with Crippen LogP contribution in [-0.4, -0.2) is 27.4 Å². The molecule has 0 heterocycles. The van der Waals surface area contributed by atoms with Crippen LogP contribution in [0, 0.1) is 6.92 Å². The van der Waals surface area contributed by atoms with Gasteiger partial charge in [0.1, 0.15) is 19.0 Å². The van der Waals surface area contributed by atoms with Crippen molar-refractivity contribution in [3.8, 4) is 23.0 Å². The van der Waals surface area contributed by atoms with E-state index in [0.29, 0.717) is 41.2 Å². The number of para-hydroxylation sites is 1. The van der Waals surface area contributed by atoms with Gasteiger partial charge in [0.05, 0.1) is 19.2 Å². The molecule has 2 aromatic carbocycles. The van der Waals surface area contributed by atoms with Crippen molar-refractivity contribution >= 4 is 11.6 Å². The second-order valence-corrected chi connectivity index (χ2v) is 5.03. The maximum atomic E-state index is 6.08. The minimum atomic E-state index is 0.348. The van der Waals surface area contributed by atoms with Gasteiger partial charge in [-0.05, 0) is 36.8 Å². The molecule has 0 spiro atoms. The van der Waals surface area contributed by atoms with E-state index in [9.17, 15) is 0 Å². The topological polar surface area (TPSA) is 36.9 Å². The molecule has 2 aromatic rings. The average Bonchev–Trinajstić information content (AvgIpc) is 2.54. The van der Waals surface area contributed by atoms with E-state index in [1.807, 2.05) is 43.3 Å². The number of ether oxygens (including phenoxy) is 4. The number of hydrogen-bond donors (Lipinski definition) is 0. The molecule has 0 amide bonds. The zero-order valence-electron chi connectivity index (χ0n) is 12.9. The van der Waals surface area contributed by atoms with E-state index in [1.54, 1.807) is 14.2 Å². The van der Waals surface area contributed by atoms with Crippen LogP contribution in [0.5, 0.6) is 23.0 Å². The summed E-state index contributed by atoms with van der Waals surface area (Å²) >= 11 is 6.08. The number of halogens is 1. The Morgan fingerprint density at radius 2 is 1.50 bits per heavy atom. The van der Waals surface area contributed by atoms with Crippen LogP contribution in [0.1, 0.15) is 5.56 Å². The van der Waals surface area contributed by atoms with Gasteiger partial charge in [-0.25, -0.2) is 0 Å². The maximum absolute atomic E-state index is 6.08. The van der Waals surface area contributed by atoms with Gasteiger partial charge in [-0.3, -0.25) is 0 Å². The van der Waals surface area contributed by atoms with Gasteiger partial charge in [-0.15, -0.1) is 0 Å². The van der Waals surface area contributed by atoms with Crippen molar-refractivity contribution in [3.05, 3.63) is 47.0 Å². The third-order valence-electron chi connectivity index (χ3n) is 3.06. The smallest absolute Gasteiger partial charge is 0.203 e. The Morgan fingerprint density at radius 1 is 0.864 bits per heavy atom. The van der Waals surface area contributed by atoms with Gasteiger partial charge < -0.3 is 18.9 Å². The van der Waals surface area contributed by atoms with Gasteiger partial charge in [0.15, 0.2) is 11.5 Å². The highest BCUT2D eigenvalue weighted by Gasteiger charge is 2.11. The minimum absolute atomic E-state index is 0.348. The fourth-order valence-corrected chi connectivity index (χ4v) is 2.15. The van der Waals surface area contributed by atoms with Crippen molar-refractivity contribution in [1.82, 2.24) is 0 Å². The van der Waals surface area contributed by atoms with Gasteiger partial charge in [0, 0.05) is 0 Å². The first-order chi connectivity index (χ1) is 10.7. The van der Waals surface area contributed by atoms with Gasteiger partial charge >= 0.3 is 0 Å². The predicted octanol–water partition coefficient (Wildman–Crippen LogP) is 4.12. The van der Waals surface area contributed by atoms with Crippen molar-refractivity contribution in [1.29, 1.82) is 0 Å². The van der Waals surface area contributed by atoms with Crippen LogP contribution < -0.4 is 18.9 Å². The van der Waals surface area contributed by atoms with Crippen molar-refractivity contribution < 1.29 is 18.9 Å². The molecule has 5 heteroatoms. The molecule has 0 aromatic heterocycles. The average molecular weight is 323 g/mol. The first kappa shape index (κ1) is 16.3. The van der Waals surface area contributed by atoms with Crippen LogP contribution in [0.25, 0.3) is 0 Å². The summed E-state index contributed by atoms with van der Waals surface area (Å²) in [5.74, 6) is 2.45. The maximum Gasteiger partial charge on any atom is 0.203 e. The predicted molar refractivity (Wildman–Crippen MR) is 86.7 cm³/mol. The third kappa shape index (κ3) is 3.98. The summed E-state index contributed by atoms with van der Waals surface area (Å²) in [5, 5.41) is 0.584. The summed E-state index contributed by atoms with van der Waals surface area (Å²) in [6.07, 6.45) is 0. The Morgan fingerprint density at radius 3 is 2.14 bits per heavy atom. The van der Waals surface area contributed by atoms with Gasteiger partial charge in [-0.2, -0.15) is 0 Å². The fraction of sp³-hybridized carbons (Fsp3) is 0.294. The molecule has 22 heavy (non-hydrogen) atoms. The lowest BCUT2D eigenvalue weighted by atomic mass is 10.2. The highest BCUT2D eigenvalue weighted by Crippen LogP contribution is 2.36. The van der Waals surface area contributed by atoms with Crippen LogP contribution in [0.2, 0.25) is 5.02 Å². The van der Waals surface area contributed by atoms with E-state index in [0.717, 1.165) is 5.56 Å². The first-order valence-electron chi connectivity index (χ1n) is 6.88. The van der Waals surface area contributed by atoms with Gasteiger partial charge in [-0.1, -0.05) is 23.7 Å². The fourth-order valence-electron chi connectivity index (χ4n) is 1.98. The summed E-state index contributed by atoms with van der Waals surface area (Å²) in [6.45, 7) is 2.70. The van der Waals surface area contributed by atoms with E-state index < -0.39 is 0 Å². The van der Waals surface area contributed by atoms with Gasteiger partial charge in [0.2, 0.25) is 5.75 Å². The van der Waals surface area contributed by atoms with E-state index in [2.05, 4.69) is 0 Å². The molecule has 0 atom stereocenters. The molecule has 0 saturated heterocycles. The number of benzene rings is 2. The van der Waals surface area contributed by atoms with E-state index in [4.69, 9.17) is 30.5 Å². The summed E-state index contributed by atoms with van der Waals surface area (Å²) < 4.78 is 21.9. The molecule has 0 unspecified atom stereocenters. The number of methoxy groups -OCH3 is 2. The van der Waals surface area contributed by atoms with E-state index in [-0.39, 0.29) is 0 Å². The summed E-state index contributed by atoms with van der Waals surface area (Å²) in [5.41, 5.74) is 1.09. The molecule has 0 radical (unpaired) electrons. The molecular weight excluding hydrogens is 304 g/mol. The molecule has 0 aliphatic carbocycles. The van der Waals surface area contributed by atoms with Crippen LogP contribution >= 0.6 is 11.6 Å². The molecule has 118 valence electrons. The lowest BCUT2D eigenvalue weighted by Crippen LogP contribution is -2.10. The van der Waals surface area contributed by atoms with E-state index in [1.165, 1.54) is 0 Å². The molecule has 0 saturated carbocycles. The highest BCUT2D eigenvalue weighted by atomic mass is 35.5. The molecular formula is C17H19ClO4. The highest BCUT2D eigenvalue weighted by molar-refractivity contribution is 6.32. The standard InChI is InChI=1S/C17H19ClO4/c1-12-7-8-13(18)16(11-12)21-9-10-22-17-14(19-2)5-4-6-15(17)20-3/h4-8,11H,9-10H2,1-3H3. The number of rotatable bonds is 7. The van der Waals surface area contributed by atoms with Crippen molar-refractivity contribution in [3.63, 3.8) is 0 Å². The first-order valence-corrected chi connectivity index (χ1v) is 7.26. The summed E-state index contributed by atoms with van der Waals surface area (Å²) in [4.78, 5) is 0. The van der Waals surface area contributed by atoms with Crippen LogP contribution in [0.3, 0.4) is 0 Å². The van der Waals surface area contributed by atoms with Crippen molar-refractivity contribution in [2.75, 3.05) is 27.4 Å². The normalized spacial score (nSPS) is 10.2. The molecule has 0 bridgehead atoms. The van der Waals surface area contributed by atoms with Crippen LogP contribution in [0.15, 0.2) is 36.4 Å². The third-order valence-corrected chi connectivity index (χ3v) is 3.37. The Kier molecular flexibility index (Phi) is 5.78. The molecule has 0 aliphatic heterocycles. The number of aryl methyl sites for hydroxylation is 1. The Hall–Kier alpha value is -2.07. The van der Waals surface area contributed by atoms with E-state index >= 15 is 0 Å². The molecule has 0 N–H and O–H groups in total. The quantitative estimate of drug-likeness (QED) is 0.718. The second-order valence-electron chi connectivity index (χ2n) is 4.62. The monoisotopic (exact) mass is 322 g/mol. The summed E-state index contributed by atoms with van der Waals surface area (Å²) in [7, 11) is 3.18. The lowest BCUT2D eigenvalue weighted by Gasteiger charge is -2.14. The molecule has 4 nitrogen and oxygen atoms in total. The lowest BCUT2D eigenvalue weighted by molar-refractivity contribution is 0.205. The Balaban J connectivity index is 1.95. The molecule has 0 fully saturated rings. The largest absolute Gasteiger partial charge is 0.493 e. The molecule has 0 aliphatic rings. The molecule has 2 rings (SSSR count). The zero-order chi connectivity index (χ0) is 15.9. The number of hydrogen-bond acceptors (Lipinski definition) is 4. The van der Waals surface area contributed by atoms with Crippen molar-refractivity contribution in [2.24, 2.45) is 0 Å². The second kappa shape index (κ2) is 7.80. The SMILES string of the molecule is COc1cccc(OC)c1OCCOc1cc(C)ccc1Cl. The Bertz CT molecular complexity index is 606. The van der Waals surface area contributed by atoms with Gasteiger partial charge in [0.25, 0.3) is 0 Å².